The number of likely N-dealkylation sites (tertiary alicyclic amines) is 1. The lowest BCUT2D eigenvalue weighted by molar-refractivity contribution is 0.208. The number of aryl methyl sites for hydroxylation is 1. The first-order valence-corrected chi connectivity index (χ1v) is 7.79. The molecule has 0 spiro atoms. The van der Waals surface area contributed by atoms with E-state index in [0.29, 0.717) is 6.04 Å². The summed E-state index contributed by atoms with van der Waals surface area (Å²) in [7, 11) is 0. The number of aromatic nitrogens is 2. The van der Waals surface area contributed by atoms with E-state index in [1.165, 1.54) is 18.4 Å². The summed E-state index contributed by atoms with van der Waals surface area (Å²) in [5.41, 5.74) is 1.22. The van der Waals surface area contributed by atoms with Crippen LogP contribution in [0.15, 0.2) is 16.0 Å². The summed E-state index contributed by atoms with van der Waals surface area (Å²) >= 11 is 1.67. The summed E-state index contributed by atoms with van der Waals surface area (Å²) in [4.78, 5) is 8.20. The maximum Gasteiger partial charge on any atom is 0.244 e. The molecular weight excluding hydrogens is 258 g/mol. The maximum absolute atomic E-state index is 5.51. The monoisotopic (exact) mass is 277 g/mol. The van der Waals surface area contributed by atoms with Gasteiger partial charge in [-0.25, -0.2) is 0 Å². The highest BCUT2D eigenvalue weighted by Crippen LogP contribution is 2.33. The molecule has 0 saturated carbocycles. The molecule has 0 amide bonds. The molecule has 0 N–H and O–H groups in total. The molecule has 5 heteroatoms. The van der Waals surface area contributed by atoms with Gasteiger partial charge in [-0.2, -0.15) is 4.98 Å². The third-order valence-electron chi connectivity index (χ3n) is 3.67. The van der Waals surface area contributed by atoms with Crippen molar-refractivity contribution in [2.75, 3.05) is 13.1 Å². The second-order valence-electron chi connectivity index (χ2n) is 5.08. The summed E-state index contributed by atoms with van der Waals surface area (Å²) in [5, 5.41) is 6.23. The Balaban J connectivity index is 1.83. The Kier molecular flexibility index (Phi) is 3.66. The lowest BCUT2D eigenvalue weighted by atomic mass is 10.2. The number of rotatable bonds is 4. The van der Waals surface area contributed by atoms with E-state index in [9.17, 15) is 0 Å². The van der Waals surface area contributed by atoms with E-state index in [1.54, 1.807) is 11.3 Å². The Morgan fingerprint density at radius 2 is 2.42 bits per heavy atom. The molecule has 1 aliphatic rings. The number of hydrogen-bond donors (Lipinski definition) is 0. The van der Waals surface area contributed by atoms with E-state index in [2.05, 4.69) is 40.3 Å². The van der Waals surface area contributed by atoms with Crippen LogP contribution in [0.3, 0.4) is 0 Å². The molecule has 4 nitrogen and oxygen atoms in total. The van der Waals surface area contributed by atoms with E-state index < -0.39 is 0 Å². The van der Waals surface area contributed by atoms with E-state index in [-0.39, 0.29) is 0 Å². The zero-order valence-electron chi connectivity index (χ0n) is 11.4. The van der Waals surface area contributed by atoms with Crippen LogP contribution in [0.1, 0.15) is 43.7 Å². The normalized spacial score (nSPS) is 20.2. The van der Waals surface area contributed by atoms with Crippen molar-refractivity contribution in [1.29, 1.82) is 0 Å². The Bertz CT molecular complexity index is 548. The highest BCUT2D eigenvalue weighted by Gasteiger charge is 2.30. The molecule has 1 unspecified atom stereocenters. The van der Waals surface area contributed by atoms with Gasteiger partial charge in [-0.15, -0.1) is 11.3 Å². The van der Waals surface area contributed by atoms with Crippen molar-refractivity contribution in [3.05, 3.63) is 22.9 Å². The Labute approximate surface area is 117 Å². The second-order valence-corrected chi connectivity index (χ2v) is 6.00. The van der Waals surface area contributed by atoms with Crippen LogP contribution in [0, 0.1) is 6.92 Å². The third-order valence-corrected chi connectivity index (χ3v) is 4.68. The molecule has 3 heterocycles. The topological polar surface area (TPSA) is 42.2 Å². The zero-order valence-corrected chi connectivity index (χ0v) is 12.2. The fourth-order valence-electron chi connectivity index (χ4n) is 2.73. The van der Waals surface area contributed by atoms with Crippen LogP contribution in [0.2, 0.25) is 0 Å². The van der Waals surface area contributed by atoms with Crippen LogP contribution >= 0.6 is 11.3 Å². The first kappa shape index (κ1) is 12.8. The fraction of sp³-hybridized carbons (Fsp3) is 0.571. The molecule has 0 radical (unpaired) electrons. The van der Waals surface area contributed by atoms with Gasteiger partial charge < -0.3 is 4.52 Å². The minimum absolute atomic E-state index is 0.321. The minimum atomic E-state index is 0.321. The van der Waals surface area contributed by atoms with E-state index >= 15 is 0 Å². The average molecular weight is 277 g/mol. The smallest absolute Gasteiger partial charge is 0.244 e. The molecule has 2 aromatic rings. The third kappa shape index (κ3) is 2.44. The van der Waals surface area contributed by atoms with Crippen LogP contribution in [0.4, 0.5) is 0 Å². The quantitative estimate of drug-likeness (QED) is 0.855. The van der Waals surface area contributed by atoms with Crippen molar-refractivity contribution >= 4 is 11.3 Å². The minimum Gasteiger partial charge on any atom is -0.337 e. The van der Waals surface area contributed by atoms with Crippen molar-refractivity contribution in [2.45, 2.75) is 39.2 Å². The average Bonchev–Trinajstić information content (AvgIpc) is 3.08. The first-order valence-electron chi connectivity index (χ1n) is 6.91. The van der Waals surface area contributed by atoms with E-state index in [1.807, 2.05) is 0 Å². The van der Waals surface area contributed by atoms with Crippen molar-refractivity contribution in [1.82, 2.24) is 15.0 Å². The van der Waals surface area contributed by atoms with Crippen LogP contribution in [-0.2, 0) is 0 Å². The van der Waals surface area contributed by atoms with Gasteiger partial charge in [0.05, 0.1) is 10.9 Å². The van der Waals surface area contributed by atoms with Crippen LogP contribution in [-0.4, -0.2) is 28.1 Å². The largest absolute Gasteiger partial charge is 0.337 e. The van der Waals surface area contributed by atoms with Crippen LogP contribution in [0.5, 0.6) is 0 Å². The predicted octanol–water partition coefficient (Wildman–Crippen LogP) is 3.65. The zero-order chi connectivity index (χ0) is 13.2. The highest BCUT2D eigenvalue weighted by atomic mass is 32.1. The van der Waals surface area contributed by atoms with E-state index in [0.717, 1.165) is 36.1 Å². The van der Waals surface area contributed by atoms with Crippen LogP contribution < -0.4 is 0 Å². The fourth-order valence-corrected chi connectivity index (χ4v) is 3.58. The molecular formula is C14H19N3OS. The van der Waals surface area contributed by atoms with Crippen molar-refractivity contribution in [2.24, 2.45) is 0 Å². The summed E-state index contributed by atoms with van der Waals surface area (Å²) in [6.45, 7) is 6.55. The predicted molar refractivity (Wildman–Crippen MR) is 76.2 cm³/mol. The van der Waals surface area contributed by atoms with Gasteiger partial charge in [-0.3, -0.25) is 4.90 Å². The van der Waals surface area contributed by atoms with Gasteiger partial charge in [0.1, 0.15) is 0 Å². The Morgan fingerprint density at radius 3 is 3.16 bits per heavy atom. The Morgan fingerprint density at radius 1 is 1.53 bits per heavy atom. The molecule has 1 atom stereocenters. The summed E-state index contributed by atoms with van der Waals surface area (Å²) < 4.78 is 5.51. The summed E-state index contributed by atoms with van der Waals surface area (Å²) in [5.74, 6) is 1.53. The number of nitrogens with zero attached hydrogens (tertiary/aromatic N) is 3. The molecule has 102 valence electrons. The first-order chi connectivity index (χ1) is 9.29. The van der Waals surface area contributed by atoms with Gasteiger partial charge in [0, 0.05) is 0 Å². The molecule has 1 aliphatic heterocycles. The summed E-state index contributed by atoms with van der Waals surface area (Å²) in [6.07, 6.45) is 3.52. The molecule has 2 aromatic heterocycles. The molecule has 1 fully saturated rings. The van der Waals surface area contributed by atoms with Crippen molar-refractivity contribution in [3.8, 4) is 10.7 Å². The molecule has 0 aromatic carbocycles. The second kappa shape index (κ2) is 5.43. The van der Waals surface area contributed by atoms with Crippen molar-refractivity contribution in [3.63, 3.8) is 0 Å². The lowest BCUT2D eigenvalue weighted by Gasteiger charge is -2.20. The molecule has 3 rings (SSSR count). The maximum atomic E-state index is 5.51. The van der Waals surface area contributed by atoms with Crippen molar-refractivity contribution < 1.29 is 4.52 Å². The number of thiophene rings is 1. The standard InChI is InChI=1S/C14H19N3OS/c1-3-7-17-8-4-5-11(17)14-15-13(16-18-14)12-10(2)6-9-19-12/h6,9,11H,3-5,7-8H2,1-2H3. The van der Waals surface area contributed by atoms with Gasteiger partial charge in [-0.1, -0.05) is 12.1 Å². The molecule has 0 bridgehead atoms. The van der Waals surface area contributed by atoms with Gasteiger partial charge >= 0.3 is 0 Å². The van der Waals surface area contributed by atoms with E-state index in [4.69, 9.17) is 4.52 Å². The SMILES string of the molecule is CCCN1CCCC1c1nc(-c2sccc2C)no1. The van der Waals surface area contributed by atoms with Gasteiger partial charge in [0.2, 0.25) is 11.7 Å². The molecule has 0 aliphatic carbocycles. The van der Waals surface area contributed by atoms with Gasteiger partial charge in [0.25, 0.3) is 0 Å². The highest BCUT2D eigenvalue weighted by molar-refractivity contribution is 7.13. The van der Waals surface area contributed by atoms with Crippen LogP contribution in [0.25, 0.3) is 10.7 Å². The van der Waals surface area contributed by atoms with Gasteiger partial charge in [-0.05, 0) is 56.3 Å². The van der Waals surface area contributed by atoms with Gasteiger partial charge in [0.15, 0.2) is 0 Å². The lowest BCUT2D eigenvalue weighted by Crippen LogP contribution is -2.24. The Hall–Kier alpha value is -1.20. The summed E-state index contributed by atoms with van der Waals surface area (Å²) in [6, 6.07) is 2.41. The number of hydrogen-bond acceptors (Lipinski definition) is 5. The molecule has 19 heavy (non-hydrogen) atoms. The molecule has 1 saturated heterocycles.